The van der Waals surface area contributed by atoms with E-state index in [-0.39, 0.29) is 18.1 Å². The highest BCUT2D eigenvalue weighted by Crippen LogP contribution is 2.26. The van der Waals surface area contributed by atoms with Crippen molar-refractivity contribution < 1.29 is 4.79 Å². The quantitative estimate of drug-likeness (QED) is 0.909. The van der Waals surface area contributed by atoms with Gasteiger partial charge in [0, 0.05) is 12.1 Å². The summed E-state index contributed by atoms with van der Waals surface area (Å²) < 4.78 is 0. The lowest BCUT2D eigenvalue weighted by atomic mass is 10.1. The molecule has 1 heterocycles. The summed E-state index contributed by atoms with van der Waals surface area (Å²) in [6.07, 6.45) is 3.06. The van der Waals surface area contributed by atoms with Crippen LogP contribution in [0.4, 0.5) is 0 Å². The molecule has 1 aliphatic rings. The maximum absolute atomic E-state index is 12.1. The van der Waals surface area contributed by atoms with Crippen molar-refractivity contribution in [2.75, 3.05) is 7.05 Å². The molecule has 0 aliphatic carbocycles. The van der Waals surface area contributed by atoms with Gasteiger partial charge in [-0.15, -0.1) is 0 Å². The number of hydrogen-bond acceptors (Lipinski definition) is 2. The van der Waals surface area contributed by atoms with E-state index in [4.69, 9.17) is 11.6 Å². The highest BCUT2D eigenvalue weighted by molar-refractivity contribution is 6.30. The molecule has 1 aromatic rings. The van der Waals surface area contributed by atoms with Crippen molar-refractivity contribution in [2.24, 2.45) is 0 Å². The predicted octanol–water partition coefficient (Wildman–Crippen LogP) is 2.96. The third-order valence-electron chi connectivity index (χ3n) is 3.42. The van der Waals surface area contributed by atoms with Crippen LogP contribution in [0.15, 0.2) is 24.3 Å². The Morgan fingerprint density at radius 2 is 2.00 bits per heavy atom. The van der Waals surface area contributed by atoms with Gasteiger partial charge in [0.2, 0.25) is 5.91 Å². The Hall–Kier alpha value is -1.06. The van der Waals surface area contributed by atoms with Gasteiger partial charge in [-0.2, -0.15) is 0 Å². The molecule has 1 N–H and O–H groups in total. The highest BCUT2D eigenvalue weighted by atomic mass is 35.5. The first-order valence-electron chi connectivity index (χ1n) is 6.41. The number of likely N-dealkylation sites (N-methyl/N-ethyl adjacent to an activating group) is 1. The zero-order valence-electron chi connectivity index (χ0n) is 10.8. The van der Waals surface area contributed by atoms with E-state index in [0.717, 1.165) is 24.8 Å². The van der Waals surface area contributed by atoms with Crippen molar-refractivity contribution in [1.29, 1.82) is 0 Å². The van der Waals surface area contributed by atoms with E-state index < -0.39 is 0 Å². The van der Waals surface area contributed by atoms with E-state index in [0.29, 0.717) is 5.02 Å². The molecule has 1 aromatic carbocycles. The number of amides is 1. The van der Waals surface area contributed by atoms with Crippen LogP contribution < -0.4 is 5.32 Å². The summed E-state index contributed by atoms with van der Waals surface area (Å²) in [6, 6.07) is 7.60. The molecule has 1 fully saturated rings. The summed E-state index contributed by atoms with van der Waals surface area (Å²) in [5.41, 5.74) is 1.08. The fourth-order valence-corrected chi connectivity index (χ4v) is 2.45. The average molecular weight is 267 g/mol. The average Bonchev–Trinajstić information content (AvgIpc) is 2.65. The largest absolute Gasteiger partial charge is 0.325 e. The Bertz CT molecular complexity index is 418. The molecule has 0 radical (unpaired) electrons. The van der Waals surface area contributed by atoms with Crippen LogP contribution >= 0.6 is 11.6 Å². The lowest BCUT2D eigenvalue weighted by Crippen LogP contribution is -2.28. The minimum atomic E-state index is -0.0457. The zero-order chi connectivity index (χ0) is 13.1. The Morgan fingerprint density at radius 3 is 2.61 bits per heavy atom. The Morgan fingerprint density at radius 1 is 1.33 bits per heavy atom. The summed E-state index contributed by atoms with van der Waals surface area (Å²) >= 11 is 5.88. The van der Waals surface area contributed by atoms with Crippen LogP contribution in [0.3, 0.4) is 0 Å². The van der Waals surface area contributed by atoms with Crippen molar-refractivity contribution in [2.45, 2.75) is 38.4 Å². The predicted molar refractivity (Wildman–Crippen MR) is 73.4 cm³/mol. The monoisotopic (exact) mass is 266 g/mol. The van der Waals surface area contributed by atoms with Gasteiger partial charge in [0.1, 0.15) is 6.17 Å². The standard InChI is InChI=1S/C14H19ClN2O/c1-3-4-5-12-14(18)17(2)13(16-12)10-6-8-11(15)9-7-10/h6-9,12-13,16H,3-5H2,1-2H3. The van der Waals surface area contributed by atoms with Gasteiger partial charge >= 0.3 is 0 Å². The molecule has 1 amide bonds. The maximum atomic E-state index is 12.1. The molecule has 0 bridgehead atoms. The lowest BCUT2D eigenvalue weighted by molar-refractivity contribution is -0.128. The molecule has 1 saturated heterocycles. The molecule has 18 heavy (non-hydrogen) atoms. The number of benzene rings is 1. The zero-order valence-corrected chi connectivity index (χ0v) is 11.6. The van der Waals surface area contributed by atoms with Crippen molar-refractivity contribution in [1.82, 2.24) is 10.2 Å². The maximum Gasteiger partial charge on any atom is 0.241 e. The van der Waals surface area contributed by atoms with E-state index in [1.807, 2.05) is 31.3 Å². The second kappa shape index (κ2) is 5.72. The Balaban J connectivity index is 2.10. The summed E-state index contributed by atoms with van der Waals surface area (Å²) in [5.74, 6) is 0.184. The number of carbonyl (C=O) groups excluding carboxylic acids is 1. The number of rotatable bonds is 4. The van der Waals surface area contributed by atoms with Crippen LogP contribution in [0.1, 0.15) is 37.9 Å². The molecule has 0 spiro atoms. The summed E-state index contributed by atoms with van der Waals surface area (Å²) in [4.78, 5) is 13.9. The van der Waals surface area contributed by atoms with E-state index in [1.165, 1.54) is 0 Å². The first-order chi connectivity index (χ1) is 8.63. The third-order valence-corrected chi connectivity index (χ3v) is 3.68. The Labute approximate surface area is 113 Å². The van der Waals surface area contributed by atoms with Gasteiger partial charge in [-0.05, 0) is 24.1 Å². The highest BCUT2D eigenvalue weighted by Gasteiger charge is 2.36. The number of hydrogen-bond donors (Lipinski definition) is 1. The van der Waals surface area contributed by atoms with Gasteiger partial charge in [0.05, 0.1) is 6.04 Å². The molecule has 0 saturated carbocycles. The van der Waals surface area contributed by atoms with E-state index in [9.17, 15) is 4.79 Å². The normalized spacial score (nSPS) is 23.7. The Kier molecular flexibility index (Phi) is 4.25. The molecule has 3 nitrogen and oxygen atoms in total. The first-order valence-corrected chi connectivity index (χ1v) is 6.79. The van der Waals surface area contributed by atoms with Gasteiger partial charge in [-0.1, -0.05) is 43.5 Å². The van der Waals surface area contributed by atoms with Crippen LogP contribution in [0.2, 0.25) is 5.02 Å². The molecular formula is C14H19ClN2O. The minimum Gasteiger partial charge on any atom is -0.325 e. The second-order valence-corrected chi connectivity index (χ2v) is 5.20. The van der Waals surface area contributed by atoms with Gasteiger partial charge < -0.3 is 4.90 Å². The van der Waals surface area contributed by atoms with Crippen molar-refractivity contribution in [3.05, 3.63) is 34.9 Å². The molecule has 1 aliphatic heterocycles. The summed E-state index contributed by atoms with van der Waals surface area (Å²) in [7, 11) is 1.85. The molecule has 2 rings (SSSR count). The van der Waals surface area contributed by atoms with E-state index in [1.54, 1.807) is 4.90 Å². The first kappa shape index (κ1) is 13.4. The van der Waals surface area contributed by atoms with Gasteiger partial charge in [0.25, 0.3) is 0 Å². The molecule has 0 aromatic heterocycles. The molecule has 4 heteroatoms. The minimum absolute atomic E-state index is 0.0309. The number of nitrogens with one attached hydrogen (secondary N) is 1. The fourth-order valence-electron chi connectivity index (χ4n) is 2.33. The molecular weight excluding hydrogens is 248 g/mol. The fraction of sp³-hybridized carbons (Fsp3) is 0.500. The van der Waals surface area contributed by atoms with E-state index in [2.05, 4.69) is 12.2 Å². The van der Waals surface area contributed by atoms with Crippen LogP contribution in [0, 0.1) is 0 Å². The number of unbranched alkanes of at least 4 members (excludes halogenated alkanes) is 1. The van der Waals surface area contributed by atoms with Crippen molar-refractivity contribution in [3.8, 4) is 0 Å². The van der Waals surface area contributed by atoms with Gasteiger partial charge in [-0.25, -0.2) is 0 Å². The topological polar surface area (TPSA) is 32.3 Å². The summed E-state index contributed by atoms with van der Waals surface area (Å²) in [6.45, 7) is 2.14. The van der Waals surface area contributed by atoms with Crippen LogP contribution in [0.25, 0.3) is 0 Å². The molecule has 2 atom stereocenters. The van der Waals surface area contributed by atoms with Gasteiger partial charge in [0.15, 0.2) is 0 Å². The lowest BCUT2D eigenvalue weighted by Gasteiger charge is -2.19. The van der Waals surface area contributed by atoms with Crippen molar-refractivity contribution in [3.63, 3.8) is 0 Å². The summed E-state index contributed by atoms with van der Waals surface area (Å²) in [5, 5.41) is 4.11. The smallest absolute Gasteiger partial charge is 0.241 e. The van der Waals surface area contributed by atoms with Crippen LogP contribution in [-0.4, -0.2) is 23.9 Å². The van der Waals surface area contributed by atoms with Gasteiger partial charge in [-0.3, -0.25) is 10.1 Å². The number of carbonyl (C=O) groups is 1. The van der Waals surface area contributed by atoms with Crippen LogP contribution in [0.5, 0.6) is 0 Å². The molecule has 98 valence electrons. The second-order valence-electron chi connectivity index (χ2n) is 4.76. The van der Waals surface area contributed by atoms with Crippen molar-refractivity contribution >= 4 is 17.5 Å². The van der Waals surface area contributed by atoms with Crippen LogP contribution in [-0.2, 0) is 4.79 Å². The number of nitrogens with zero attached hydrogens (tertiary/aromatic N) is 1. The number of halogens is 1. The van der Waals surface area contributed by atoms with E-state index >= 15 is 0 Å². The molecule has 2 unspecified atom stereocenters. The SMILES string of the molecule is CCCCC1NC(c2ccc(Cl)cc2)N(C)C1=O. The third kappa shape index (κ3) is 2.68.